The molecule has 0 spiro atoms. The van der Waals surface area contributed by atoms with E-state index in [0.717, 1.165) is 32.0 Å². The zero-order chi connectivity index (χ0) is 15.7. The van der Waals surface area contributed by atoms with Gasteiger partial charge < -0.3 is 10.6 Å². The van der Waals surface area contributed by atoms with Crippen molar-refractivity contribution in [3.8, 4) is 0 Å². The van der Waals surface area contributed by atoms with Crippen LogP contribution in [0.3, 0.4) is 0 Å². The van der Waals surface area contributed by atoms with Crippen molar-refractivity contribution >= 4 is 17.3 Å². The third-order valence-corrected chi connectivity index (χ3v) is 4.39. The third kappa shape index (κ3) is 6.96. The lowest BCUT2D eigenvalue weighted by Crippen LogP contribution is -2.45. The highest BCUT2D eigenvalue weighted by Gasteiger charge is 2.12. The zero-order valence-electron chi connectivity index (χ0n) is 14.0. The molecule has 4 nitrogen and oxygen atoms in total. The lowest BCUT2D eigenvalue weighted by Gasteiger charge is -2.30. The summed E-state index contributed by atoms with van der Waals surface area (Å²) in [5.41, 5.74) is 0. The Bertz CT molecular complexity index is 390. The van der Waals surface area contributed by atoms with Crippen LogP contribution in [0.1, 0.15) is 32.6 Å². The summed E-state index contributed by atoms with van der Waals surface area (Å²) >= 11 is 1.80. The van der Waals surface area contributed by atoms with Gasteiger partial charge >= 0.3 is 0 Å². The lowest BCUT2D eigenvalue weighted by molar-refractivity contribution is 0.178. The van der Waals surface area contributed by atoms with Crippen LogP contribution in [-0.2, 0) is 6.42 Å². The predicted molar refractivity (Wildman–Crippen MR) is 94.4 cm³/mol. The first kappa shape index (κ1) is 18.0. The van der Waals surface area contributed by atoms with Crippen LogP contribution in [0, 0.1) is 0 Å². The number of nitrogens with one attached hydrogen (secondary N) is 2. The lowest BCUT2D eigenvalue weighted by atomic mass is 10.2. The standard InChI is InChI=1S/C16H30N4S/c1-13(2)20(14(3)4)11-10-19-16(17-5)18-9-8-15-7-6-12-21-15/h6-7,12-14H,8-11H2,1-5H3,(H2,17,18,19). The van der Waals surface area contributed by atoms with Gasteiger partial charge in [-0.25, -0.2) is 0 Å². The predicted octanol–water partition coefficient (Wildman–Crippen LogP) is 2.57. The van der Waals surface area contributed by atoms with Crippen LogP contribution in [-0.4, -0.2) is 49.6 Å². The summed E-state index contributed by atoms with van der Waals surface area (Å²) < 4.78 is 0. The van der Waals surface area contributed by atoms with E-state index in [1.165, 1.54) is 4.88 Å². The Morgan fingerprint density at radius 3 is 2.38 bits per heavy atom. The second kappa shape index (κ2) is 9.79. The van der Waals surface area contributed by atoms with E-state index in [1.807, 2.05) is 7.05 Å². The summed E-state index contributed by atoms with van der Waals surface area (Å²) in [5, 5.41) is 8.88. The van der Waals surface area contributed by atoms with Crippen molar-refractivity contribution in [1.29, 1.82) is 0 Å². The largest absolute Gasteiger partial charge is 0.356 e. The molecule has 0 aliphatic heterocycles. The molecule has 1 aromatic rings. The summed E-state index contributed by atoms with van der Waals surface area (Å²) in [4.78, 5) is 8.16. The van der Waals surface area contributed by atoms with Crippen LogP contribution in [0.25, 0.3) is 0 Å². The molecule has 0 aromatic carbocycles. The van der Waals surface area contributed by atoms with E-state index in [-0.39, 0.29) is 0 Å². The Morgan fingerprint density at radius 1 is 1.19 bits per heavy atom. The maximum atomic E-state index is 4.27. The highest BCUT2D eigenvalue weighted by molar-refractivity contribution is 7.09. The summed E-state index contributed by atoms with van der Waals surface area (Å²) in [6, 6.07) is 5.41. The molecule has 120 valence electrons. The van der Waals surface area contributed by atoms with Crippen LogP contribution < -0.4 is 10.6 Å². The first-order valence-electron chi connectivity index (χ1n) is 7.77. The number of guanidine groups is 1. The van der Waals surface area contributed by atoms with Crippen molar-refractivity contribution in [2.24, 2.45) is 4.99 Å². The van der Waals surface area contributed by atoms with Gasteiger partial charge in [0.05, 0.1) is 0 Å². The molecule has 1 rings (SSSR count). The van der Waals surface area contributed by atoms with Crippen molar-refractivity contribution in [1.82, 2.24) is 15.5 Å². The van der Waals surface area contributed by atoms with Gasteiger partial charge in [-0.2, -0.15) is 0 Å². The highest BCUT2D eigenvalue weighted by Crippen LogP contribution is 2.08. The average Bonchev–Trinajstić information content (AvgIpc) is 2.93. The van der Waals surface area contributed by atoms with Crippen molar-refractivity contribution in [2.45, 2.75) is 46.2 Å². The van der Waals surface area contributed by atoms with Crippen LogP contribution in [0.4, 0.5) is 0 Å². The van der Waals surface area contributed by atoms with Gasteiger partial charge in [-0.15, -0.1) is 11.3 Å². The molecule has 2 N–H and O–H groups in total. The molecule has 0 amide bonds. The molecular weight excluding hydrogens is 280 g/mol. The minimum Gasteiger partial charge on any atom is -0.356 e. The number of thiophene rings is 1. The highest BCUT2D eigenvalue weighted by atomic mass is 32.1. The number of rotatable bonds is 8. The number of aliphatic imine (C=N–C) groups is 1. The molecule has 0 saturated heterocycles. The SMILES string of the molecule is CN=C(NCCc1cccs1)NCCN(C(C)C)C(C)C. The van der Waals surface area contributed by atoms with Crippen molar-refractivity contribution < 1.29 is 0 Å². The van der Waals surface area contributed by atoms with Crippen molar-refractivity contribution in [2.75, 3.05) is 26.7 Å². The van der Waals surface area contributed by atoms with E-state index >= 15 is 0 Å². The smallest absolute Gasteiger partial charge is 0.191 e. The van der Waals surface area contributed by atoms with E-state index in [2.05, 4.69) is 65.7 Å². The topological polar surface area (TPSA) is 39.7 Å². The Morgan fingerprint density at radius 2 is 1.86 bits per heavy atom. The fourth-order valence-corrected chi connectivity index (χ4v) is 3.10. The van der Waals surface area contributed by atoms with Gasteiger partial charge in [0.15, 0.2) is 5.96 Å². The van der Waals surface area contributed by atoms with Gasteiger partial charge in [0.25, 0.3) is 0 Å². The minimum absolute atomic E-state index is 0.570. The number of nitrogens with zero attached hydrogens (tertiary/aromatic N) is 2. The molecule has 0 aliphatic carbocycles. The fraction of sp³-hybridized carbons (Fsp3) is 0.688. The van der Waals surface area contributed by atoms with Crippen LogP contribution >= 0.6 is 11.3 Å². The van der Waals surface area contributed by atoms with Gasteiger partial charge in [-0.05, 0) is 45.6 Å². The first-order valence-corrected chi connectivity index (χ1v) is 8.65. The minimum atomic E-state index is 0.570. The van der Waals surface area contributed by atoms with Crippen LogP contribution in [0.5, 0.6) is 0 Å². The molecular formula is C16H30N4S. The third-order valence-electron chi connectivity index (χ3n) is 3.46. The Kier molecular flexibility index (Phi) is 8.38. The molecule has 21 heavy (non-hydrogen) atoms. The second-order valence-electron chi connectivity index (χ2n) is 5.68. The van der Waals surface area contributed by atoms with E-state index in [0.29, 0.717) is 12.1 Å². The Hall–Kier alpha value is -1.07. The van der Waals surface area contributed by atoms with Crippen LogP contribution in [0.2, 0.25) is 0 Å². The second-order valence-corrected chi connectivity index (χ2v) is 6.71. The van der Waals surface area contributed by atoms with E-state index in [9.17, 15) is 0 Å². The van der Waals surface area contributed by atoms with E-state index < -0.39 is 0 Å². The van der Waals surface area contributed by atoms with Gasteiger partial charge in [-0.3, -0.25) is 9.89 Å². The molecule has 0 saturated carbocycles. The summed E-state index contributed by atoms with van der Waals surface area (Å²) in [7, 11) is 1.82. The first-order chi connectivity index (χ1) is 10.0. The Balaban J connectivity index is 2.24. The summed E-state index contributed by atoms with van der Waals surface area (Å²) in [5.74, 6) is 0.888. The van der Waals surface area contributed by atoms with Crippen LogP contribution in [0.15, 0.2) is 22.5 Å². The number of hydrogen-bond acceptors (Lipinski definition) is 3. The molecule has 0 unspecified atom stereocenters. The van der Waals surface area contributed by atoms with Gasteiger partial charge in [-0.1, -0.05) is 6.07 Å². The molecule has 0 fully saturated rings. The average molecular weight is 311 g/mol. The quantitative estimate of drug-likeness (QED) is 0.573. The maximum Gasteiger partial charge on any atom is 0.191 e. The molecule has 0 radical (unpaired) electrons. The fourth-order valence-electron chi connectivity index (χ4n) is 2.40. The summed E-state index contributed by atoms with van der Waals surface area (Å²) in [6.45, 7) is 11.8. The normalized spacial score (nSPS) is 12.5. The van der Waals surface area contributed by atoms with E-state index in [1.54, 1.807) is 11.3 Å². The zero-order valence-corrected chi connectivity index (χ0v) is 14.8. The molecule has 0 aliphatic rings. The maximum absolute atomic E-state index is 4.27. The monoisotopic (exact) mass is 310 g/mol. The molecule has 1 aromatic heterocycles. The Labute approximate surface area is 133 Å². The van der Waals surface area contributed by atoms with Crippen molar-refractivity contribution in [3.63, 3.8) is 0 Å². The number of hydrogen-bond donors (Lipinski definition) is 2. The summed E-state index contributed by atoms with van der Waals surface area (Å²) in [6.07, 6.45) is 1.04. The molecule has 0 atom stereocenters. The van der Waals surface area contributed by atoms with Gasteiger partial charge in [0.2, 0.25) is 0 Å². The molecule has 1 heterocycles. The van der Waals surface area contributed by atoms with E-state index in [4.69, 9.17) is 0 Å². The van der Waals surface area contributed by atoms with Gasteiger partial charge in [0.1, 0.15) is 0 Å². The van der Waals surface area contributed by atoms with Gasteiger partial charge in [0, 0.05) is 43.6 Å². The van der Waals surface area contributed by atoms with Crippen molar-refractivity contribution in [3.05, 3.63) is 22.4 Å². The molecule has 5 heteroatoms. The molecule has 0 bridgehead atoms.